The number of carbonyl (C=O) groups excluding carboxylic acids is 12. The van der Waals surface area contributed by atoms with Gasteiger partial charge in [0.15, 0.2) is 0 Å². The van der Waals surface area contributed by atoms with Crippen molar-refractivity contribution in [2.24, 2.45) is 41.4 Å². The first-order chi connectivity index (χ1) is 46.0. The van der Waals surface area contributed by atoms with Crippen LogP contribution < -0.4 is 21.3 Å². The number of hydrogen-bond donors (Lipinski definition) is 4. The molecular weight excluding hydrogens is 1390 g/mol. The van der Waals surface area contributed by atoms with Crippen molar-refractivity contribution >= 4 is 105 Å². The first-order valence-corrected chi connectivity index (χ1v) is 38.2. The van der Waals surface area contributed by atoms with E-state index in [1.54, 1.807) is 11.8 Å². The molecule has 3 saturated carbocycles. The molecule has 0 aromatic heterocycles. The first-order valence-electron chi connectivity index (χ1n) is 36.5. The number of halogens is 2. The third-order valence-electron chi connectivity index (χ3n) is 21.9. The third-order valence-corrected chi connectivity index (χ3v) is 23.6. The molecule has 0 radical (unpaired) electrons. The fourth-order valence-corrected chi connectivity index (χ4v) is 16.2. The summed E-state index contributed by atoms with van der Waals surface area (Å²) in [6, 6.07) is -8.44. The number of nitrogens with one attached hydrogen (secondary N) is 4. The molecule has 556 valence electrons. The number of carbonyl (C=O) groups is 12. The maximum Gasteiger partial charge on any atom is 0.246 e. The Hall–Kier alpha value is -5.34. The van der Waals surface area contributed by atoms with Gasteiger partial charge >= 0.3 is 0 Å². The molecule has 0 aromatic carbocycles. The fraction of sp³-hybridized carbons (Fsp3) is 0.833. The van der Waals surface area contributed by atoms with Gasteiger partial charge in [-0.15, -0.1) is 11.6 Å². The van der Waals surface area contributed by atoms with Gasteiger partial charge in [-0.2, -0.15) is 0 Å². The largest absolute Gasteiger partial charge is 0.343 e. The number of likely N-dealkylation sites (tertiary alicyclic amines) is 1. The Morgan fingerprint density at radius 3 is 1.76 bits per heavy atom. The van der Waals surface area contributed by atoms with Gasteiger partial charge in [0.1, 0.15) is 47.8 Å². The van der Waals surface area contributed by atoms with Crippen molar-refractivity contribution in [3.63, 3.8) is 0 Å². The normalized spacial score (nSPS) is 30.9. The van der Waals surface area contributed by atoms with Crippen LogP contribution >= 0.6 is 34.2 Å². The number of rotatable bonds is 13. The molecule has 5 aliphatic rings. The maximum absolute atomic E-state index is 15.4. The number of amides is 12. The monoisotopic (exact) mass is 1510 g/mol. The summed E-state index contributed by atoms with van der Waals surface area (Å²) in [6.45, 7) is 15.8. The molecule has 26 heteroatoms. The van der Waals surface area contributed by atoms with Crippen molar-refractivity contribution in [2.45, 2.75) is 261 Å². The summed E-state index contributed by atoms with van der Waals surface area (Å²) in [6.07, 6.45) is 13.2. The van der Waals surface area contributed by atoms with E-state index < -0.39 is 151 Å². The molecule has 98 heavy (non-hydrogen) atoms. The van der Waals surface area contributed by atoms with Crippen LogP contribution in [0.4, 0.5) is 0 Å². The Balaban J connectivity index is 1.62. The molecule has 3 aliphatic carbocycles. The standard InChI is InChI=1S/C72H122ClIN12O12/c1-17-47(7)63-70(97)81(12)42-61(89)79(10)43-62(90)83(14)57(38-48-30-28-46(6)29-31-48)68(95)80(11)41-59(87)75-53(37-49-24-23-26-51(74)36-49)64(91)76-55(39-50-25-19-20-27-52(50)73)67(94)85(16)72(8,9)71(98)77-54(34-44(2)3)66(93)84(15)58(69(96)86-32-21-18-22-33-86)40-60(88)82(13)56(35-45(4)5)65(92)78-63/h44-58,63H,17-43H2,1-16H3,(H,75,87)(H,76,91)(H,77,98)(H,78,92)/t46?,47-,48?,49?,50?,51?,52?,53-,54-,55-,56-,57-,58-,63-/m0/s1. The molecule has 12 atom stereocenters. The topological polar surface area (TPSA) is 279 Å². The van der Waals surface area contributed by atoms with Gasteiger partial charge in [-0.3, -0.25) is 57.5 Å². The van der Waals surface area contributed by atoms with Crippen LogP contribution in [0.15, 0.2) is 0 Å². The zero-order chi connectivity index (χ0) is 73.2. The molecule has 24 nitrogen and oxygen atoms in total. The maximum atomic E-state index is 15.4. The molecule has 5 fully saturated rings. The van der Waals surface area contributed by atoms with E-state index >= 15 is 19.2 Å². The van der Waals surface area contributed by atoms with Crippen LogP contribution in [0.1, 0.15) is 204 Å². The molecule has 2 heterocycles. The van der Waals surface area contributed by atoms with Gasteiger partial charge in [-0.05, 0) is 132 Å². The van der Waals surface area contributed by atoms with Gasteiger partial charge in [0.05, 0.1) is 26.1 Å². The molecular formula is C72H122ClIN12O12. The summed E-state index contributed by atoms with van der Waals surface area (Å²) in [5.74, 6) is -7.74. The quantitative estimate of drug-likeness (QED) is 0.116. The molecule has 5 rings (SSSR count). The van der Waals surface area contributed by atoms with E-state index in [1.165, 1.54) is 97.5 Å². The second-order valence-corrected chi connectivity index (χ2v) is 33.4. The van der Waals surface area contributed by atoms with Crippen LogP contribution in [0.3, 0.4) is 0 Å². The van der Waals surface area contributed by atoms with Gasteiger partial charge in [0, 0.05) is 71.7 Å². The van der Waals surface area contributed by atoms with Crippen LogP contribution in [0.2, 0.25) is 0 Å². The Bertz CT molecular complexity index is 2760. The summed E-state index contributed by atoms with van der Waals surface area (Å²) in [4.78, 5) is 189. The lowest BCUT2D eigenvalue weighted by molar-refractivity contribution is -0.152. The smallest absolute Gasteiger partial charge is 0.246 e. The SMILES string of the molecule is CC[C@H](C)[C@@H]1NC(=O)[C@H](CC(C)C)N(C)C(=O)C[C@@H](C(=O)N2CCCCC2)N(C)C(=O)[C@H](CC(C)C)NC(=O)C(C)(C)N(C)C(=O)[C@H](CC2CCCCC2Cl)NC(=O)[C@H](CC2CCCC(I)C2)NC(=O)CN(C)C(=O)[C@H](CC2CCC(C)CC2)N(C)C(=O)CN(C)C(=O)CN(C)C1=O. The van der Waals surface area contributed by atoms with Gasteiger partial charge in [-0.25, -0.2) is 0 Å². The van der Waals surface area contributed by atoms with Crippen molar-refractivity contribution in [1.29, 1.82) is 0 Å². The van der Waals surface area contributed by atoms with Crippen LogP contribution in [0.25, 0.3) is 0 Å². The fourth-order valence-electron chi connectivity index (χ4n) is 14.6. The predicted molar refractivity (Wildman–Crippen MR) is 387 cm³/mol. The second-order valence-electron chi connectivity index (χ2n) is 31.1. The van der Waals surface area contributed by atoms with E-state index in [0.29, 0.717) is 61.5 Å². The number of hydrogen-bond acceptors (Lipinski definition) is 12. The number of alkyl halides is 2. The zero-order valence-corrected chi connectivity index (χ0v) is 65.0. The summed E-state index contributed by atoms with van der Waals surface area (Å²) in [5, 5.41) is 11.6. The number of likely N-dealkylation sites (N-methyl/N-ethyl adjacent to an activating group) is 7. The molecule has 2 saturated heterocycles. The molecule has 0 spiro atoms. The Morgan fingerprint density at radius 1 is 0.551 bits per heavy atom. The first kappa shape index (κ1) is 83.3. The average molecular weight is 1510 g/mol. The van der Waals surface area contributed by atoms with Gasteiger partial charge in [0.25, 0.3) is 0 Å². The van der Waals surface area contributed by atoms with Crippen LogP contribution in [-0.2, 0) is 57.5 Å². The van der Waals surface area contributed by atoms with Crippen LogP contribution in [0, 0.1) is 41.4 Å². The van der Waals surface area contributed by atoms with Crippen molar-refractivity contribution in [3.05, 3.63) is 0 Å². The van der Waals surface area contributed by atoms with E-state index in [1.807, 2.05) is 34.6 Å². The minimum atomic E-state index is -1.69. The lowest BCUT2D eigenvalue weighted by Gasteiger charge is -2.40. The second kappa shape index (κ2) is 38.6. The molecule has 2 aliphatic heterocycles. The van der Waals surface area contributed by atoms with Crippen molar-refractivity contribution in [1.82, 2.24) is 60.5 Å². The highest BCUT2D eigenvalue weighted by Gasteiger charge is 2.46. The highest BCUT2D eigenvalue weighted by molar-refractivity contribution is 14.1. The minimum absolute atomic E-state index is 0.0250. The Kier molecular flexibility index (Phi) is 32.8. The summed E-state index contributed by atoms with van der Waals surface area (Å²) < 4.78 is 0.334. The molecule has 0 bridgehead atoms. The van der Waals surface area contributed by atoms with Crippen molar-refractivity contribution < 1.29 is 57.5 Å². The average Bonchev–Trinajstić information content (AvgIpc) is 0.807. The van der Waals surface area contributed by atoms with E-state index in [9.17, 15) is 38.4 Å². The van der Waals surface area contributed by atoms with E-state index in [0.717, 1.165) is 70.6 Å². The van der Waals surface area contributed by atoms with Gasteiger partial charge in [-0.1, -0.05) is 129 Å². The zero-order valence-electron chi connectivity index (χ0n) is 62.1. The molecule has 0 aromatic rings. The Morgan fingerprint density at radius 2 is 1.15 bits per heavy atom. The molecule has 12 amide bonds. The highest BCUT2D eigenvalue weighted by Crippen LogP contribution is 2.36. The number of nitrogens with zero attached hydrogens (tertiary/aromatic N) is 8. The Labute approximate surface area is 603 Å². The van der Waals surface area contributed by atoms with Crippen LogP contribution in [-0.4, -0.2) is 249 Å². The van der Waals surface area contributed by atoms with E-state index in [2.05, 4.69) is 50.8 Å². The predicted octanol–water partition coefficient (Wildman–Crippen LogP) is 6.36. The van der Waals surface area contributed by atoms with Crippen molar-refractivity contribution in [2.75, 3.05) is 82.1 Å². The van der Waals surface area contributed by atoms with Gasteiger partial charge in [0.2, 0.25) is 70.9 Å². The number of piperidine rings is 1. The van der Waals surface area contributed by atoms with Crippen LogP contribution in [0.5, 0.6) is 0 Å². The highest BCUT2D eigenvalue weighted by atomic mass is 127. The van der Waals surface area contributed by atoms with Crippen molar-refractivity contribution in [3.8, 4) is 0 Å². The van der Waals surface area contributed by atoms with E-state index in [-0.39, 0.29) is 60.6 Å². The third kappa shape index (κ3) is 23.6. The lowest BCUT2D eigenvalue weighted by Crippen LogP contribution is -2.64. The summed E-state index contributed by atoms with van der Waals surface area (Å²) in [7, 11) is 10.2. The lowest BCUT2D eigenvalue weighted by atomic mass is 9.79. The minimum Gasteiger partial charge on any atom is -0.343 e. The summed E-state index contributed by atoms with van der Waals surface area (Å²) in [5.41, 5.74) is -1.69. The molecule has 4 N–H and O–H groups in total. The van der Waals surface area contributed by atoms with E-state index in [4.69, 9.17) is 11.6 Å². The molecule has 4 unspecified atom stereocenters. The van der Waals surface area contributed by atoms with Gasteiger partial charge < -0.3 is 60.5 Å². The summed E-state index contributed by atoms with van der Waals surface area (Å²) >= 11 is 9.44.